The van der Waals surface area contributed by atoms with Gasteiger partial charge in [-0.25, -0.2) is 4.39 Å². The van der Waals surface area contributed by atoms with Crippen LogP contribution in [0.2, 0.25) is 0 Å². The van der Waals surface area contributed by atoms with Crippen molar-refractivity contribution in [1.29, 1.82) is 5.26 Å². The number of thiocarbonyl (C=S) groups is 1. The second-order valence-corrected chi connectivity index (χ2v) is 5.31. The van der Waals surface area contributed by atoms with E-state index in [2.05, 4.69) is 16.3 Å². The molecule has 0 spiro atoms. The molecule has 1 heterocycles. The Morgan fingerprint density at radius 1 is 1.27 bits per heavy atom. The van der Waals surface area contributed by atoms with Crippen LogP contribution < -0.4 is 16.0 Å². The molecular formula is C15H18FN5S. The highest BCUT2D eigenvalue weighted by atomic mass is 32.1. The molecule has 0 radical (unpaired) electrons. The summed E-state index contributed by atoms with van der Waals surface area (Å²) in [5, 5.41) is 12.0. The standard InChI is InChI=1S/C15H18FN5S/c1-19-15(22)13(10-17)14(18)21-8-6-20(7-9-21)12-4-2-11(16)3-5-12/h2-5H,6-9,18H2,1H3,(H,19,22)/b14-13-. The quantitative estimate of drug-likeness (QED) is 0.495. The molecule has 1 aromatic carbocycles. The average molecular weight is 319 g/mol. The minimum absolute atomic E-state index is 0.242. The van der Waals surface area contributed by atoms with Crippen molar-refractivity contribution in [1.82, 2.24) is 10.2 Å². The predicted octanol–water partition coefficient (Wildman–Crippen LogP) is 1.19. The fraction of sp³-hybridized carbons (Fsp3) is 0.333. The van der Waals surface area contributed by atoms with Crippen LogP contribution in [0.25, 0.3) is 0 Å². The van der Waals surface area contributed by atoms with Gasteiger partial charge in [-0.15, -0.1) is 0 Å². The molecule has 0 bridgehead atoms. The number of hydrogen-bond acceptors (Lipinski definition) is 5. The largest absolute Gasteiger partial charge is 0.384 e. The maximum absolute atomic E-state index is 13.0. The summed E-state index contributed by atoms with van der Waals surface area (Å²) in [6, 6.07) is 8.49. The van der Waals surface area contributed by atoms with E-state index in [9.17, 15) is 9.65 Å². The minimum Gasteiger partial charge on any atom is -0.384 e. The average Bonchev–Trinajstić information content (AvgIpc) is 2.56. The minimum atomic E-state index is -0.242. The van der Waals surface area contributed by atoms with Crippen molar-refractivity contribution in [2.24, 2.45) is 5.73 Å². The maximum Gasteiger partial charge on any atom is 0.126 e. The summed E-state index contributed by atoms with van der Waals surface area (Å²) in [6.07, 6.45) is 0. The van der Waals surface area contributed by atoms with Gasteiger partial charge in [0.25, 0.3) is 0 Å². The van der Waals surface area contributed by atoms with Crippen LogP contribution in [0, 0.1) is 17.1 Å². The zero-order valence-corrected chi connectivity index (χ0v) is 13.2. The molecular weight excluding hydrogens is 301 g/mol. The molecule has 2 rings (SSSR count). The number of rotatable bonds is 3. The van der Waals surface area contributed by atoms with Gasteiger partial charge in [0.15, 0.2) is 0 Å². The zero-order chi connectivity index (χ0) is 16.1. The lowest BCUT2D eigenvalue weighted by molar-refractivity contribution is 0.317. The Kier molecular flexibility index (Phi) is 5.17. The lowest BCUT2D eigenvalue weighted by Gasteiger charge is -2.37. The molecule has 1 aliphatic heterocycles. The fourth-order valence-electron chi connectivity index (χ4n) is 2.36. The number of benzene rings is 1. The highest BCUT2D eigenvalue weighted by Crippen LogP contribution is 2.18. The van der Waals surface area contributed by atoms with E-state index in [-0.39, 0.29) is 5.82 Å². The number of anilines is 1. The van der Waals surface area contributed by atoms with Crippen LogP contribution in [0.5, 0.6) is 0 Å². The van der Waals surface area contributed by atoms with Gasteiger partial charge in [0, 0.05) is 38.9 Å². The summed E-state index contributed by atoms with van der Waals surface area (Å²) in [4.78, 5) is 4.45. The Morgan fingerprint density at radius 3 is 2.36 bits per heavy atom. The lowest BCUT2D eigenvalue weighted by atomic mass is 10.2. The van der Waals surface area contributed by atoms with Crippen molar-refractivity contribution in [3.63, 3.8) is 0 Å². The van der Waals surface area contributed by atoms with Crippen molar-refractivity contribution in [2.75, 3.05) is 38.1 Å². The molecule has 0 saturated carbocycles. The molecule has 0 unspecified atom stereocenters. The number of nitrogens with one attached hydrogen (secondary N) is 1. The normalized spacial score (nSPS) is 15.9. The van der Waals surface area contributed by atoms with Crippen LogP contribution in [0.1, 0.15) is 0 Å². The van der Waals surface area contributed by atoms with Gasteiger partial charge in [-0.05, 0) is 24.3 Å². The molecule has 0 aliphatic carbocycles. The second kappa shape index (κ2) is 7.09. The van der Waals surface area contributed by atoms with E-state index in [0.717, 1.165) is 18.8 Å². The Bertz CT molecular complexity index is 612. The Morgan fingerprint density at radius 2 is 1.86 bits per heavy atom. The first-order chi connectivity index (χ1) is 10.6. The monoisotopic (exact) mass is 319 g/mol. The van der Waals surface area contributed by atoms with E-state index >= 15 is 0 Å². The molecule has 1 aliphatic rings. The van der Waals surface area contributed by atoms with Crippen LogP contribution in [0.3, 0.4) is 0 Å². The molecule has 0 amide bonds. The molecule has 7 heteroatoms. The number of hydrogen-bond donors (Lipinski definition) is 2. The molecule has 1 saturated heterocycles. The topological polar surface area (TPSA) is 68.3 Å². The first-order valence-corrected chi connectivity index (χ1v) is 7.35. The third-order valence-corrected chi connectivity index (χ3v) is 4.04. The number of halogens is 1. The molecule has 0 aromatic heterocycles. The van der Waals surface area contributed by atoms with Crippen LogP contribution in [-0.4, -0.2) is 43.1 Å². The summed E-state index contributed by atoms with van der Waals surface area (Å²) < 4.78 is 13.0. The smallest absolute Gasteiger partial charge is 0.126 e. The van der Waals surface area contributed by atoms with Crippen molar-refractivity contribution in [3.05, 3.63) is 41.5 Å². The Balaban J connectivity index is 2.05. The van der Waals surface area contributed by atoms with Gasteiger partial charge in [0.05, 0.1) is 0 Å². The van der Waals surface area contributed by atoms with Gasteiger partial charge in [0.2, 0.25) is 0 Å². The SMILES string of the molecule is CNC(=S)/C(C#N)=C(/N)N1CCN(c2ccc(F)cc2)CC1. The number of piperazine rings is 1. The van der Waals surface area contributed by atoms with Crippen LogP contribution in [0.4, 0.5) is 10.1 Å². The summed E-state index contributed by atoms with van der Waals surface area (Å²) >= 11 is 5.09. The van der Waals surface area contributed by atoms with E-state index in [4.69, 9.17) is 18.0 Å². The third kappa shape index (κ3) is 3.46. The van der Waals surface area contributed by atoms with E-state index in [1.54, 1.807) is 19.2 Å². The van der Waals surface area contributed by atoms with Crippen LogP contribution >= 0.6 is 12.2 Å². The fourth-order valence-corrected chi connectivity index (χ4v) is 2.52. The molecule has 116 valence electrons. The van der Waals surface area contributed by atoms with Crippen molar-refractivity contribution in [3.8, 4) is 6.07 Å². The molecule has 3 N–H and O–H groups in total. The predicted molar refractivity (Wildman–Crippen MR) is 88.7 cm³/mol. The van der Waals surface area contributed by atoms with Crippen LogP contribution in [-0.2, 0) is 0 Å². The summed E-state index contributed by atoms with van der Waals surface area (Å²) in [6.45, 7) is 2.86. The van der Waals surface area contributed by atoms with Gasteiger partial charge in [-0.1, -0.05) is 12.2 Å². The van der Waals surface area contributed by atoms with Crippen molar-refractivity contribution in [2.45, 2.75) is 0 Å². The van der Waals surface area contributed by atoms with Gasteiger partial charge in [-0.3, -0.25) is 0 Å². The van der Waals surface area contributed by atoms with E-state index in [0.29, 0.717) is 29.5 Å². The molecule has 5 nitrogen and oxygen atoms in total. The lowest BCUT2D eigenvalue weighted by Crippen LogP contribution is -2.48. The van der Waals surface area contributed by atoms with Gasteiger partial charge >= 0.3 is 0 Å². The van der Waals surface area contributed by atoms with Crippen molar-refractivity contribution >= 4 is 22.9 Å². The van der Waals surface area contributed by atoms with Crippen LogP contribution in [0.15, 0.2) is 35.7 Å². The highest BCUT2D eigenvalue weighted by Gasteiger charge is 2.21. The Labute approximate surface area is 134 Å². The van der Waals surface area contributed by atoms with E-state index in [1.807, 2.05) is 4.90 Å². The maximum atomic E-state index is 13.0. The van der Waals surface area contributed by atoms with E-state index in [1.165, 1.54) is 12.1 Å². The summed E-state index contributed by atoms with van der Waals surface area (Å²) in [5.41, 5.74) is 7.35. The van der Waals surface area contributed by atoms with Gasteiger partial charge < -0.3 is 20.9 Å². The molecule has 0 atom stereocenters. The van der Waals surface area contributed by atoms with E-state index < -0.39 is 0 Å². The third-order valence-electron chi connectivity index (χ3n) is 3.63. The summed E-state index contributed by atoms with van der Waals surface area (Å²) in [5.74, 6) is 0.161. The number of nitrogens with two attached hydrogens (primary N) is 1. The molecule has 22 heavy (non-hydrogen) atoms. The number of nitriles is 1. The highest BCUT2D eigenvalue weighted by molar-refractivity contribution is 7.80. The number of nitrogens with zero attached hydrogens (tertiary/aromatic N) is 3. The Hall–Kier alpha value is -2.33. The van der Waals surface area contributed by atoms with Gasteiger partial charge in [-0.2, -0.15) is 5.26 Å². The number of likely N-dealkylation sites (N-methyl/N-ethyl adjacent to an activating group) is 1. The van der Waals surface area contributed by atoms with Crippen molar-refractivity contribution < 1.29 is 4.39 Å². The first-order valence-electron chi connectivity index (χ1n) is 6.94. The zero-order valence-electron chi connectivity index (χ0n) is 12.3. The molecule has 1 fully saturated rings. The second-order valence-electron chi connectivity index (χ2n) is 4.90. The molecule has 1 aromatic rings. The summed E-state index contributed by atoms with van der Waals surface area (Å²) in [7, 11) is 1.67. The first kappa shape index (κ1) is 16.0. The van der Waals surface area contributed by atoms with Gasteiger partial charge in [0.1, 0.15) is 28.3 Å².